The quantitative estimate of drug-likeness (QED) is 0.374. The third-order valence-corrected chi connectivity index (χ3v) is 1.20. The van der Waals surface area contributed by atoms with Crippen molar-refractivity contribution in [3.05, 3.63) is 11.8 Å². The van der Waals surface area contributed by atoms with E-state index in [1.54, 1.807) is 0 Å². The molecule has 0 amide bonds. The summed E-state index contributed by atoms with van der Waals surface area (Å²) in [6.07, 6.45) is 1.84. The summed E-state index contributed by atoms with van der Waals surface area (Å²) in [4.78, 5) is 10.2. The molecule has 0 saturated heterocycles. The molecule has 0 fully saturated rings. The standard InChI is InChI=1S/C5H8O5S/c1-3-4(5(6)7)10-11(2,8)9/h3H,1-2H3,(H,6,7). The molecular formula is C5H8O5S. The van der Waals surface area contributed by atoms with E-state index in [9.17, 15) is 13.2 Å². The molecule has 0 spiro atoms. The molecule has 64 valence electrons. The SMILES string of the molecule is CC=C(OS(C)(=O)=O)C(=O)O. The first-order valence-electron chi connectivity index (χ1n) is 2.66. The Kier molecular flexibility index (Phi) is 3.06. The zero-order chi connectivity index (χ0) is 9.07. The van der Waals surface area contributed by atoms with Gasteiger partial charge in [0.05, 0.1) is 6.26 Å². The molecule has 0 atom stereocenters. The molecule has 0 radical (unpaired) electrons. The molecule has 0 unspecified atom stereocenters. The van der Waals surface area contributed by atoms with Crippen LogP contribution in [0.25, 0.3) is 0 Å². The number of aliphatic carboxylic acids is 1. The zero-order valence-electron chi connectivity index (χ0n) is 6.07. The van der Waals surface area contributed by atoms with E-state index in [2.05, 4.69) is 4.18 Å². The number of carboxylic acids is 1. The van der Waals surface area contributed by atoms with E-state index >= 15 is 0 Å². The molecule has 0 aromatic rings. The van der Waals surface area contributed by atoms with Gasteiger partial charge in [-0.15, -0.1) is 0 Å². The van der Waals surface area contributed by atoms with Gasteiger partial charge >= 0.3 is 16.1 Å². The molecule has 11 heavy (non-hydrogen) atoms. The first kappa shape index (κ1) is 9.96. The molecule has 0 bridgehead atoms. The van der Waals surface area contributed by atoms with Crippen LogP contribution in [0.2, 0.25) is 0 Å². The summed E-state index contributed by atoms with van der Waals surface area (Å²) >= 11 is 0. The normalized spacial score (nSPS) is 12.7. The molecule has 0 aromatic carbocycles. The first-order chi connectivity index (χ1) is 4.87. The largest absolute Gasteiger partial charge is 0.475 e. The van der Waals surface area contributed by atoms with Crippen LogP contribution < -0.4 is 0 Å². The van der Waals surface area contributed by atoms with Crippen molar-refractivity contribution in [2.24, 2.45) is 0 Å². The van der Waals surface area contributed by atoms with Gasteiger partial charge in [0.2, 0.25) is 5.76 Å². The van der Waals surface area contributed by atoms with E-state index in [-0.39, 0.29) is 0 Å². The van der Waals surface area contributed by atoms with Gasteiger partial charge in [-0.05, 0) is 13.0 Å². The monoisotopic (exact) mass is 180 g/mol. The highest BCUT2D eigenvalue weighted by Gasteiger charge is 2.12. The lowest BCUT2D eigenvalue weighted by atomic mass is 10.5. The summed E-state index contributed by atoms with van der Waals surface area (Å²) in [6, 6.07) is 0. The molecule has 0 rings (SSSR count). The highest BCUT2D eigenvalue weighted by atomic mass is 32.2. The number of rotatable bonds is 3. The predicted molar refractivity (Wildman–Crippen MR) is 37.3 cm³/mol. The van der Waals surface area contributed by atoms with E-state index in [4.69, 9.17) is 5.11 Å². The Morgan fingerprint density at radius 3 is 2.09 bits per heavy atom. The number of hydrogen-bond donors (Lipinski definition) is 1. The van der Waals surface area contributed by atoms with Crippen LogP contribution in [0.15, 0.2) is 11.8 Å². The van der Waals surface area contributed by atoms with Gasteiger partial charge in [-0.3, -0.25) is 0 Å². The molecule has 0 heterocycles. The van der Waals surface area contributed by atoms with Crippen molar-refractivity contribution in [1.82, 2.24) is 0 Å². The van der Waals surface area contributed by atoms with Crippen LogP contribution in [0, 0.1) is 0 Å². The smallest absolute Gasteiger partial charge is 0.372 e. The fourth-order valence-electron chi connectivity index (χ4n) is 0.370. The Morgan fingerprint density at radius 1 is 1.55 bits per heavy atom. The summed E-state index contributed by atoms with van der Waals surface area (Å²) in [5.74, 6) is -1.99. The molecule has 1 N–H and O–H groups in total. The number of hydrogen-bond acceptors (Lipinski definition) is 4. The second-order valence-electron chi connectivity index (χ2n) is 1.75. The Morgan fingerprint density at radius 2 is 2.00 bits per heavy atom. The lowest BCUT2D eigenvalue weighted by Crippen LogP contribution is -2.09. The molecule has 6 heteroatoms. The summed E-state index contributed by atoms with van der Waals surface area (Å²) in [5, 5.41) is 8.28. The van der Waals surface area contributed by atoms with Crippen molar-refractivity contribution in [3.8, 4) is 0 Å². The maximum Gasteiger partial charge on any atom is 0.372 e. The lowest BCUT2D eigenvalue weighted by molar-refractivity contribution is -0.135. The number of carbonyl (C=O) groups is 1. The summed E-state index contributed by atoms with van der Waals surface area (Å²) in [7, 11) is -3.73. The fourth-order valence-corrected chi connectivity index (χ4v) is 0.864. The number of carboxylic acid groups (broad SMARTS) is 1. The third-order valence-electron chi connectivity index (χ3n) is 0.714. The van der Waals surface area contributed by atoms with Gasteiger partial charge in [0, 0.05) is 0 Å². The van der Waals surface area contributed by atoms with E-state index in [1.165, 1.54) is 6.92 Å². The van der Waals surface area contributed by atoms with Crippen LogP contribution in [0.5, 0.6) is 0 Å². The van der Waals surface area contributed by atoms with E-state index in [0.29, 0.717) is 0 Å². The minimum atomic E-state index is -3.73. The molecule has 5 nitrogen and oxygen atoms in total. The highest BCUT2D eigenvalue weighted by Crippen LogP contribution is 2.01. The molecule has 0 aliphatic heterocycles. The van der Waals surface area contributed by atoms with Crippen LogP contribution in [0.3, 0.4) is 0 Å². The van der Waals surface area contributed by atoms with Gasteiger partial charge < -0.3 is 9.29 Å². The lowest BCUT2D eigenvalue weighted by Gasteiger charge is -2.00. The minimum Gasteiger partial charge on any atom is -0.475 e. The Balaban J connectivity index is 4.50. The van der Waals surface area contributed by atoms with Gasteiger partial charge in [-0.25, -0.2) is 4.79 Å². The van der Waals surface area contributed by atoms with Crippen molar-refractivity contribution >= 4 is 16.1 Å². The van der Waals surface area contributed by atoms with Gasteiger partial charge in [0.15, 0.2) is 0 Å². The van der Waals surface area contributed by atoms with E-state index < -0.39 is 21.8 Å². The van der Waals surface area contributed by atoms with Gasteiger partial charge in [-0.1, -0.05) is 0 Å². The average molecular weight is 180 g/mol. The van der Waals surface area contributed by atoms with Crippen LogP contribution in [0.4, 0.5) is 0 Å². The highest BCUT2D eigenvalue weighted by molar-refractivity contribution is 7.86. The molecule has 0 aliphatic rings. The van der Waals surface area contributed by atoms with Crippen LogP contribution in [0.1, 0.15) is 6.92 Å². The third kappa shape index (κ3) is 4.38. The average Bonchev–Trinajstić information content (AvgIpc) is 1.80. The van der Waals surface area contributed by atoms with Crippen molar-refractivity contribution in [1.29, 1.82) is 0 Å². The van der Waals surface area contributed by atoms with Gasteiger partial charge in [0.1, 0.15) is 0 Å². The van der Waals surface area contributed by atoms with Crippen molar-refractivity contribution < 1.29 is 22.5 Å². The predicted octanol–water partition coefficient (Wildman–Crippen LogP) is -0.0490. The Hall–Kier alpha value is -1.04. The molecule has 0 aliphatic carbocycles. The van der Waals surface area contributed by atoms with Crippen molar-refractivity contribution in [3.63, 3.8) is 0 Å². The summed E-state index contributed by atoms with van der Waals surface area (Å²) in [5.41, 5.74) is 0. The van der Waals surface area contributed by atoms with E-state index in [0.717, 1.165) is 12.3 Å². The van der Waals surface area contributed by atoms with Crippen molar-refractivity contribution in [2.45, 2.75) is 6.92 Å². The second-order valence-corrected chi connectivity index (χ2v) is 3.32. The van der Waals surface area contributed by atoms with Crippen LogP contribution >= 0.6 is 0 Å². The first-order valence-corrected chi connectivity index (χ1v) is 4.47. The van der Waals surface area contributed by atoms with Crippen LogP contribution in [-0.2, 0) is 19.1 Å². The van der Waals surface area contributed by atoms with E-state index in [1.807, 2.05) is 0 Å². The van der Waals surface area contributed by atoms with Gasteiger partial charge in [-0.2, -0.15) is 8.42 Å². The maximum absolute atomic E-state index is 10.4. The van der Waals surface area contributed by atoms with Gasteiger partial charge in [0.25, 0.3) is 0 Å². The summed E-state index contributed by atoms with van der Waals surface area (Å²) < 4.78 is 24.8. The fraction of sp³-hybridized carbons (Fsp3) is 0.400. The summed E-state index contributed by atoms with van der Waals surface area (Å²) in [6.45, 7) is 1.37. The van der Waals surface area contributed by atoms with Crippen LogP contribution in [-0.4, -0.2) is 25.7 Å². The Bertz CT molecular complexity index is 273. The maximum atomic E-state index is 10.4. The Labute approximate surface area is 64.4 Å². The topological polar surface area (TPSA) is 80.7 Å². The minimum absolute atomic E-state index is 0.590. The molecular weight excluding hydrogens is 172 g/mol. The second kappa shape index (κ2) is 3.38. The molecule has 0 saturated carbocycles. The molecule has 0 aromatic heterocycles. The number of allylic oxidation sites excluding steroid dienone is 1. The van der Waals surface area contributed by atoms with Crippen molar-refractivity contribution in [2.75, 3.05) is 6.26 Å². The zero-order valence-corrected chi connectivity index (χ0v) is 6.88.